The largest absolute Gasteiger partial charge is 0.508 e. The fourth-order valence-corrected chi connectivity index (χ4v) is 1.98. The van der Waals surface area contributed by atoms with Crippen molar-refractivity contribution in [2.24, 2.45) is 0 Å². The fourth-order valence-electron chi connectivity index (χ4n) is 1.98. The number of fused-ring (bicyclic) bond motifs is 1. The molecule has 2 aromatic rings. The third-order valence-electron chi connectivity index (χ3n) is 2.82. The van der Waals surface area contributed by atoms with Crippen LogP contribution in [0.25, 0.3) is 10.9 Å². The smallest absolute Gasteiger partial charge is 0.117 e. The monoisotopic (exact) mass is 203 g/mol. The van der Waals surface area contributed by atoms with E-state index in [9.17, 15) is 5.11 Å². The summed E-state index contributed by atoms with van der Waals surface area (Å²) >= 11 is 0. The SMILES string of the molecule is CCCCn1cc(C)c2ccc(O)cc21. The topological polar surface area (TPSA) is 25.2 Å². The number of aromatic hydroxyl groups is 1. The fraction of sp³-hybridized carbons (Fsp3) is 0.385. The number of unbranched alkanes of at least 4 members (excludes halogenated alkanes) is 1. The van der Waals surface area contributed by atoms with Crippen LogP contribution in [0.1, 0.15) is 25.3 Å². The van der Waals surface area contributed by atoms with Crippen LogP contribution < -0.4 is 0 Å². The van der Waals surface area contributed by atoms with Gasteiger partial charge in [0, 0.05) is 24.2 Å². The number of hydrogen-bond donors (Lipinski definition) is 1. The molecule has 0 amide bonds. The lowest BCUT2D eigenvalue weighted by Crippen LogP contribution is -1.94. The van der Waals surface area contributed by atoms with Gasteiger partial charge in [-0.1, -0.05) is 13.3 Å². The van der Waals surface area contributed by atoms with Crippen molar-refractivity contribution in [1.29, 1.82) is 0 Å². The Labute approximate surface area is 90.2 Å². The van der Waals surface area contributed by atoms with Crippen molar-refractivity contribution in [1.82, 2.24) is 4.57 Å². The highest BCUT2D eigenvalue weighted by molar-refractivity contribution is 5.84. The number of nitrogens with zero attached hydrogens (tertiary/aromatic N) is 1. The molecule has 80 valence electrons. The molecule has 15 heavy (non-hydrogen) atoms. The van der Waals surface area contributed by atoms with Gasteiger partial charge in [0.1, 0.15) is 5.75 Å². The third kappa shape index (κ3) is 1.84. The van der Waals surface area contributed by atoms with Crippen LogP contribution in [-0.2, 0) is 6.54 Å². The maximum absolute atomic E-state index is 9.48. The summed E-state index contributed by atoms with van der Waals surface area (Å²) in [5.74, 6) is 0.346. The van der Waals surface area contributed by atoms with Crippen molar-refractivity contribution in [2.75, 3.05) is 0 Å². The average Bonchev–Trinajstić information content (AvgIpc) is 2.52. The van der Waals surface area contributed by atoms with E-state index in [0.717, 1.165) is 12.1 Å². The first kappa shape index (κ1) is 10.1. The minimum absolute atomic E-state index is 0.346. The molecule has 0 aliphatic rings. The molecule has 0 aliphatic carbocycles. The summed E-state index contributed by atoms with van der Waals surface area (Å²) in [4.78, 5) is 0. The highest BCUT2D eigenvalue weighted by Crippen LogP contribution is 2.24. The van der Waals surface area contributed by atoms with Crippen molar-refractivity contribution in [2.45, 2.75) is 33.2 Å². The highest BCUT2D eigenvalue weighted by Gasteiger charge is 2.05. The van der Waals surface area contributed by atoms with E-state index in [4.69, 9.17) is 0 Å². The van der Waals surface area contributed by atoms with Gasteiger partial charge in [-0.15, -0.1) is 0 Å². The zero-order valence-corrected chi connectivity index (χ0v) is 9.33. The average molecular weight is 203 g/mol. The number of aromatic nitrogens is 1. The molecule has 2 rings (SSSR count). The van der Waals surface area contributed by atoms with Crippen LogP contribution in [0, 0.1) is 6.92 Å². The van der Waals surface area contributed by atoms with Gasteiger partial charge in [-0.25, -0.2) is 0 Å². The van der Waals surface area contributed by atoms with Crippen molar-refractivity contribution in [3.05, 3.63) is 30.0 Å². The lowest BCUT2D eigenvalue weighted by Gasteiger charge is -2.03. The van der Waals surface area contributed by atoms with Gasteiger partial charge >= 0.3 is 0 Å². The summed E-state index contributed by atoms with van der Waals surface area (Å²) in [6.07, 6.45) is 4.54. The van der Waals surface area contributed by atoms with Gasteiger partial charge in [-0.3, -0.25) is 0 Å². The molecule has 0 radical (unpaired) electrons. The normalized spacial score (nSPS) is 11.1. The summed E-state index contributed by atoms with van der Waals surface area (Å²) in [7, 11) is 0. The van der Waals surface area contributed by atoms with Crippen molar-refractivity contribution < 1.29 is 5.11 Å². The molecule has 0 aliphatic heterocycles. The Bertz CT molecular complexity index is 471. The van der Waals surface area contributed by atoms with Gasteiger partial charge in [-0.05, 0) is 31.0 Å². The number of benzene rings is 1. The van der Waals surface area contributed by atoms with Crippen molar-refractivity contribution >= 4 is 10.9 Å². The Morgan fingerprint density at radius 1 is 1.33 bits per heavy atom. The van der Waals surface area contributed by atoms with Crippen LogP contribution >= 0.6 is 0 Å². The standard InChI is InChI=1S/C13H17NO/c1-3-4-7-14-9-10(2)12-6-5-11(15)8-13(12)14/h5-6,8-9,15H,3-4,7H2,1-2H3. The Morgan fingerprint density at radius 2 is 2.13 bits per heavy atom. The number of aryl methyl sites for hydroxylation is 2. The molecule has 2 nitrogen and oxygen atoms in total. The second kappa shape index (κ2) is 3.97. The first-order chi connectivity index (χ1) is 7.22. The summed E-state index contributed by atoms with van der Waals surface area (Å²) in [6.45, 7) is 5.34. The Hall–Kier alpha value is -1.44. The van der Waals surface area contributed by atoms with E-state index in [1.807, 2.05) is 12.1 Å². The quantitative estimate of drug-likeness (QED) is 0.812. The van der Waals surface area contributed by atoms with Gasteiger partial charge in [0.15, 0.2) is 0 Å². The van der Waals surface area contributed by atoms with E-state index >= 15 is 0 Å². The number of rotatable bonds is 3. The lowest BCUT2D eigenvalue weighted by molar-refractivity contribution is 0.475. The van der Waals surface area contributed by atoms with Gasteiger partial charge < -0.3 is 9.67 Å². The maximum atomic E-state index is 9.48. The highest BCUT2D eigenvalue weighted by atomic mass is 16.3. The molecule has 1 N–H and O–H groups in total. The van der Waals surface area contributed by atoms with Gasteiger partial charge in [0.2, 0.25) is 0 Å². The minimum atomic E-state index is 0.346. The molecule has 0 atom stereocenters. The van der Waals surface area contributed by atoms with Crippen LogP contribution in [0.15, 0.2) is 24.4 Å². The molecule has 0 fully saturated rings. The molecule has 0 saturated heterocycles. The van der Waals surface area contributed by atoms with Crippen LogP contribution in [0.3, 0.4) is 0 Å². The molecule has 0 spiro atoms. The van der Waals surface area contributed by atoms with E-state index in [-0.39, 0.29) is 0 Å². The van der Waals surface area contributed by atoms with Crippen LogP contribution in [-0.4, -0.2) is 9.67 Å². The molecular formula is C13H17NO. The molecule has 2 heteroatoms. The third-order valence-corrected chi connectivity index (χ3v) is 2.82. The Balaban J connectivity index is 2.49. The Kier molecular flexibility index (Phi) is 2.67. The second-order valence-corrected chi connectivity index (χ2v) is 4.06. The van der Waals surface area contributed by atoms with Crippen molar-refractivity contribution in [3.8, 4) is 5.75 Å². The van der Waals surface area contributed by atoms with E-state index < -0.39 is 0 Å². The maximum Gasteiger partial charge on any atom is 0.117 e. The minimum Gasteiger partial charge on any atom is -0.508 e. The summed E-state index contributed by atoms with van der Waals surface area (Å²) < 4.78 is 2.23. The van der Waals surface area contributed by atoms with Gasteiger partial charge in [0.25, 0.3) is 0 Å². The summed E-state index contributed by atoms with van der Waals surface area (Å²) in [5, 5.41) is 10.7. The first-order valence-corrected chi connectivity index (χ1v) is 5.51. The molecule has 1 aromatic carbocycles. The van der Waals surface area contributed by atoms with E-state index in [1.54, 1.807) is 6.07 Å². The summed E-state index contributed by atoms with van der Waals surface area (Å²) in [6, 6.07) is 5.58. The number of hydrogen-bond acceptors (Lipinski definition) is 1. The van der Waals surface area contributed by atoms with E-state index in [0.29, 0.717) is 5.75 Å². The summed E-state index contributed by atoms with van der Waals surface area (Å²) in [5.41, 5.74) is 2.42. The molecular weight excluding hydrogens is 186 g/mol. The molecule has 1 aromatic heterocycles. The zero-order valence-electron chi connectivity index (χ0n) is 9.33. The van der Waals surface area contributed by atoms with E-state index in [1.165, 1.54) is 23.8 Å². The second-order valence-electron chi connectivity index (χ2n) is 4.06. The number of phenolic OH excluding ortho intramolecular Hbond substituents is 1. The first-order valence-electron chi connectivity index (χ1n) is 5.51. The van der Waals surface area contributed by atoms with Crippen LogP contribution in [0.5, 0.6) is 5.75 Å². The Morgan fingerprint density at radius 3 is 2.87 bits per heavy atom. The van der Waals surface area contributed by atoms with E-state index in [2.05, 4.69) is 24.6 Å². The molecule has 0 bridgehead atoms. The van der Waals surface area contributed by atoms with Crippen LogP contribution in [0.4, 0.5) is 0 Å². The molecule has 1 heterocycles. The zero-order chi connectivity index (χ0) is 10.8. The van der Waals surface area contributed by atoms with Gasteiger partial charge in [0.05, 0.1) is 5.52 Å². The lowest BCUT2D eigenvalue weighted by atomic mass is 10.2. The van der Waals surface area contributed by atoms with Crippen molar-refractivity contribution in [3.63, 3.8) is 0 Å². The predicted molar refractivity (Wildman–Crippen MR) is 63.2 cm³/mol. The predicted octanol–water partition coefficient (Wildman–Crippen LogP) is 3.46. The molecule has 0 saturated carbocycles. The van der Waals surface area contributed by atoms with Crippen LogP contribution in [0.2, 0.25) is 0 Å². The number of phenols is 1. The molecule has 0 unspecified atom stereocenters. The van der Waals surface area contributed by atoms with Gasteiger partial charge in [-0.2, -0.15) is 0 Å².